The molecule has 0 aliphatic heterocycles. The second kappa shape index (κ2) is 5.17. The minimum Gasteiger partial charge on any atom is -0.315 e. The number of rotatable bonds is 4. The first kappa shape index (κ1) is 12.6. The summed E-state index contributed by atoms with van der Waals surface area (Å²) < 4.78 is 1.73. The van der Waals surface area contributed by atoms with Crippen molar-refractivity contribution in [1.82, 2.24) is 4.57 Å². The first-order chi connectivity index (χ1) is 8.65. The molecule has 0 amide bonds. The SMILES string of the molecule is CCC(C)Cn1ccc2ccc(C=O)cc2c1=O. The van der Waals surface area contributed by atoms with Gasteiger partial charge in [-0.3, -0.25) is 9.59 Å². The van der Waals surface area contributed by atoms with Crippen molar-refractivity contribution in [3.63, 3.8) is 0 Å². The van der Waals surface area contributed by atoms with Crippen molar-refractivity contribution in [3.05, 3.63) is 46.4 Å². The minimum absolute atomic E-state index is 0.0171. The number of hydrogen-bond acceptors (Lipinski definition) is 2. The lowest BCUT2D eigenvalue weighted by molar-refractivity contribution is 0.112. The van der Waals surface area contributed by atoms with E-state index in [4.69, 9.17) is 0 Å². The fourth-order valence-corrected chi connectivity index (χ4v) is 1.98. The fraction of sp³-hybridized carbons (Fsp3) is 0.333. The molecule has 0 radical (unpaired) electrons. The monoisotopic (exact) mass is 243 g/mol. The lowest BCUT2D eigenvalue weighted by atomic mass is 10.1. The lowest BCUT2D eigenvalue weighted by Crippen LogP contribution is -2.22. The van der Waals surface area contributed by atoms with E-state index in [1.54, 1.807) is 16.7 Å². The molecule has 0 saturated heterocycles. The summed E-state index contributed by atoms with van der Waals surface area (Å²) in [6.45, 7) is 4.95. The number of nitrogens with zero attached hydrogens (tertiary/aromatic N) is 1. The van der Waals surface area contributed by atoms with Crippen molar-refractivity contribution in [2.24, 2.45) is 5.92 Å². The first-order valence-electron chi connectivity index (χ1n) is 6.24. The van der Waals surface area contributed by atoms with Crippen LogP contribution in [0.1, 0.15) is 30.6 Å². The van der Waals surface area contributed by atoms with Gasteiger partial charge < -0.3 is 4.57 Å². The van der Waals surface area contributed by atoms with Crippen LogP contribution in [0.2, 0.25) is 0 Å². The van der Waals surface area contributed by atoms with Gasteiger partial charge in [-0.2, -0.15) is 0 Å². The molecule has 1 aromatic heterocycles. The summed E-state index contributed by atoms with van der Waals surface area (Å²) in [6.07, 6.45) is 3.64. The Labute approximate surface area is 106 Å². The van der Waals surface area contributed by atoms with Crippen molar-refractivity contribution in [2.45, 2.75) is 26.8 Å². The summed E-state index contributed by atoms with van der Waals surface area (Å²) in [5.74, 6) is 0.467. The smallest absolute Gasteiger partial charge is 0.258 e. The number of fused-ring (bicyclic) bond motifs is 1. The molecule has 94 valence electrons. The van der Waals surface area contributed by atoms with E-state index in [1.165, 1.54) is 0 Å². The Morgan fingerprint density at radius 1 is 1.33 bits per heavy atom. The Hall–Kier alpha value is -1.90. The minimum atomic E-state index is -0.0171. The summed E-state index contributed by atoms with van der Waals surface area (Å²) in [5, 5.41) is 1.50. The van der Waals surface area contributed by atoms with Crippen molar-refractivity contribution < 1.29 is 4.79 Å². The van der Waals surface area contributed by atoms with Gasteiger partial charge in [-0.25, -0.2) is 0 Å². The van der Waals surface area contributed by atoms with Gasteiger partial charge in [-0.05, 0) is 23.4 Å². The number of aldehydes is 1. The van der Waals surface area contributed by atoms with E-state index in [1.807, 2.05) is 18.3 Å². The average Bonchev–Trinajstić information content (AvgIpc) is 2.41. The van der Waals surface area contributed by atoms with Crippen LogP contribution in [0.5, 0.6) is 0 Å². The molecule has 0 bridgehead atoms. The molecule has 2 rings (SSSR count). The van der Waals surface area contributed by atoms with Gasteiger partial charge in [0.25, 0.3) is 5.56 Å². The quantitative estimate of drug-likeness (QED) is 0.774. The summed E-state index contributed by atoms with van der Waals surface area (Å²) in [6, 6.07) is 7.13. The van der Waals surface area contributed by atoms with Gasteiger partial charge in [-0.1, -0.05) is 32.4 Å². The highest BCUT2D eigenvalue weighted by Crippen LogP contribution is 2.12. The summed E-state index contributed by atoms with van der Waals surface area (Å²) in [5.41, 5.74) is 0.525. The van der Waals surface area contributed by atoms with Crippen molar-refractivity contribution >= 4 is 17.1 Å². The molecule has 2 aromatic rings. The van der Waals surface area contributed by atoms with Gasteiger partial charge in [0, 0.05) is 23.7 Å². The van der Waals surface area contributed by atoms with E-state index >= 15 is 0 Å². The molecule has 1 aromatic carbocycles. The van der Waals surface area contributed by atoms with E-state index in [2.05, 4.69) is 13.8 Å². The summed E-state index contributed by atoms with van der Waals surface area (Å²) in [4.78, 5) is 23.1. The molecule has 0 N–H and O–H groups in total. The van der Waals surface area contributed by atoms with Gasteiger partial charge in [0.2, 0.25) is 0 Å². The van der Waals surface area contributed by atoms with Crippen LogP contribution in [-0.2, 0) is 6.54 Å². The number of aromatic nitrogens is 1. The summed E-state index contributed by atoms with van der Waals surface area (Å²) in [7, 11) is 0. The molecule has 1 unspecified atom stereocenters. The largest absolute Gasteiger partial charge is 0.315 e. The zero-order valence-electron chi connectivity index (χ0n) is 10.7. The van der Waals surface area contributed by atoms with E-state index in [9.17, 15) is 9.59 Å². The molecule has 0 fully saturated rings. The normalized spacial score (nSPS) is 12.6. The molecule has 1 atom stereocenters. The zero-order chi connectivity index (χ0) is 13.1. The Balaban J connectivity index is 2.55. The standard InChI is InChI=1S/C15H17NO2/c1-3-11(2)9-16-7-6-13-5-4-12(10-17)8-14(13)15(16)18/h4-8,10-11H,3,9H2,1-2H3. The molecular weight excluding hydrogens is 226 g/mol. The maximum absolute atomic E-state index is 12.3. The number of pyridine rings is 1. The van der Waals surface area contributed by atoms with Gasteiger partial charge in [0.05, 0.1) is 0 Å². The number of carbonyl (C=O) groups is 1. The van der Waals surface area contributed by atoms with Crippen LogP contribution in [0.15, 0.2) is 35.3 Å². The average molecular weight is 243 g/mol. The maximum Gasteiger partial charge on any atom is 0.258 e. The highest BCUT2D eigenvalue weighted by Gasteiger charge is 2.06. The van der Waals surface area contributed by atoms with Crippen molar-refractivity contribution in [3.8, 4) is 0 Å². The Kier molecular flexibility index (Phi) is 3.60. The number of hydrogen-bond donors (Lipinski definition) is 0. The first-order valence-corrected chi connectivity index (χ1v) is 6.24. The topological polar surface area (TPSA) is 39.1 Å². The van der Waals surface area contributed by atoms with Crippen LogP contribution >= 0.6 is 0 Å². The van der Waals surface area contributed by atoms with E-state index < -0.39 is 0 Å². The van der Waals surface area contributed by atoms with Crippen LogP contribution in [0, 0.1) is 5.92 Å². The van der Waals surface area contributed by atoms with Crippen LogP contribution in [0.25, 0.3) is 10.8 Å². The van der Waals surface area contributed by atoms with Crippen LogP contribution in [0.3, 0.4) is 0 Å². The molecule has 18 heavy (non-hydrogen) atoms. The highest BCUT2D eigenvalue weighted by atomic mass is 16.1. The third-order valence-corrected chi connectivity index (χ3v) is 3.34. The molecule has 0 aliphatic carbocycles. The van der Waals surface area contributed by atoms with Crippen molar-refractivity contribution in [2.75, 3.05) is 0 Å². The predicted molar refractivity (Wildman–Crippen MR) is 73.1 cm³/mol. The Morgan fingerprint density at radius 2 is 2.11 bits per heavy atom. The summed E-state index contributed by atoms with van der Waals surface area (Å²) >= 11 is 0. The van der Waals surface area contributed by atoms with Gasteiger partial charge in [0.15, 0.2) is 0 Å². The second-order valence-corrected chi connectivity index (χ2v) is 4.75. The van der Waals surface area contributed by atoms with E-state index in [0.717, 1.165) is 24.6 Å². The Bertz CT molecular complexity index is 628. The number of carbonyl (C=O) groups excluding carboxylic acids is 1. The zero-order valence-corrected chi connectivity index (χ0v) is 10.7. The van der Waals surface area contributed by atoms with E-state index in [0.29, 0.717) is 16.9 Å². The molecule has 0 spiro atoms. The third-order valence-electron chi connectivity index (χ3n) is 3.34. The number of benzene rings is 1. The van der Waals surface area contributed by atoms with Crippen LogP contribution < -0.4 is 5.56 Å². The van der Waals surface area contributed by atoms with Gasteiger partial charge >= 0.3 is 0 Å². The maximum atomic E-state index is 12.3. The molecule has 0 aliphatic rings. The fourth-order valence-electron chi connectivity index (χ4n) is 1.98. The van der Waals surface area contributed by atoms with Gasteiger partial charge in [-0.15, -0.1) is 0 Å². The second-order valence-electron chi connectivity index (χ2n) is 4.75. The predicted octanol–water partition coefficient (Wildman–Crippen LogP) is 2.86. The Morgan fingerprint density at radius 3 is 2.78 bits per heavy atom. The van der Waals surface area contributed by atoms with Gasteiger partial charge in [0.1, 0.15) is 6.29 Å². The molecule has 3 heteroatoms. The van der Waals surface area contributed by atoms with Crippen LogP contribution in [-0.4, -0.2) is 10.9 Å². The van der Waals surface area contributed by atoms with Crippen molar-refractivity contribution in [1.29, 1.82) is 0 Å². The molecule has 1 heterocycles. The van der Waals surface area contributed by atoms with Crippen LogP contribution in [0.4, 0.5) is 0 Å². The molecule has 0 saturated carbocycles. The lowest BCUT2D eigenvalue weighted by Gasteiger charge is -2.12. The molecule has 3 nitrogen and oxygen atoms in total. The van der Waals surface area contributed by atoms with E-state index in [-0.39, 0.29) is 5.56 Å². The third kappa shape index (κ3) is 2.35. The highest BCUT2D eigenvalue weighted by molar-refractivity contribution is 5.88. The molecular formula is C15H17NO2.